The van der Waals surface area contributed by atoms with Gasteiger partial charge < -0.3 is 19.3 Å². The summed E-state index contributed by atoms with van der Waals surface area (Å²) in [5.41, 5.74) is -0.530. The van der Waals surface area contributed by atoms with E-state index >= 15 is 0 Å². The van der Waals surface area contributed by atoms with Gasteiger partial charge in [0.2, 0.25) is 11.7 Å². The van der Waals surface area contributed by atoms with Crippen LogP contribution in [0.5, 0.6) is 0 Å². The van der Waals surface area contributed by atoms with Crippen molar-refractivity contribution in [2.24, 2.45) is 0 Å². The van der Waals surface area contributed by atoms with E-state index in [0.29, 0.717) is 18.3 Å². The van der Waals surface area contributed by atoms with Crippen LogP contribution < -0.4 is 5.32 Å². The molecule has 1 aliphatic heterocycles. The molecule has 1 saturated heterocycles. The standard InChI is InChI=1S/C10H17N3O3/c1-10(2,14-3)9-12-8(16-13-9)7-6-15-5-4-11-7/h7,11H,4-6H2,1-3H3. The minimum absolute atomic E-state index is 0.0114. The molecule has 6 heteroatoms. The topological polar surface area (TPSA) is 69.4 Å². The molecule has 0 aliphatic carbocycles. The van der Waals surface area contributed by atoms with Gasteiger partial charge in [-0.1, -0.05) is 5.16 Å². The molecule has 6 nitrogen and oxygen atoms in total. The number of rotatable bonds is 3. The average Bonchev–Trinajstić information content (AvgIpc) is 2.80. The van der Waals surface area contributed by atoms with Crippen LogP contribution in [-0.4, -0.2) is 37.0 Å². The molecule has 0 bridgehead atoms. The van der Waals surface area contributed by atoms with E-state index in [1.807, 2.05) is 13.8 Å². The van der Waals surface area contributed by atoms with Crippen molar-refractivity contribution in [3.63, 3.8) is 0 Å². The van der Waals surface area contributed by atoms with Gasteiger partial charge in [-0.3, -0.25) is 0 Å². The highest BCUT2D eigenvalue weighted by molar-refractivity contribution is 5.00. The van der Waals surface area contributed by atoms with Crippen LogP contribution in [-0.2, 0) is 15.1 Å². The van der Waals surface area contributed by atoms with Crippen molar-refractivity contribution in [1.82, 2.24) is 15.5 Å². The molecule has 1 unspecified atom stereocenters. The second-order valence-electron chi connectivity index (χ2n) is 4.25. The van der Waals surface area contributed by atoms with E-state index in [4.69, 9.17) is 14.0 Å². The summed E-state index contributed by atoms with van der Waals surface area (Å²) in [6.07, 6.45) is 0. The molecule has 2 rings (SSSR count). The fourth-order valence-corrected chi connectivity index (χ4v) is 1.44. The van der Waals surface area contributed by atoms with Gasteiger partial charge in [-0.25, -0.2) is 0 Å². The summed E-state index contributed by atoms with van der Waals surface area (Å²) in [6.45, 7) is 5.88. The predicted octanol–water partition coefficient (Wildman–Crippen LogP) is 0.612. The minimum Gasteiger partial charge on any atom is -0.378 e. The number of morpholine rings is 1. The average molecular weight is 227 g/mol. The molecule has 16 heavy (non-hydrogen) atoms. The summed E-state index contributed by atoms with van der Waals surface area (Å²) in [5, 5.41) is 7.18. The Morgan fingerprint density at radius 1 is 1.50 bits per heavy atom. The number of nitrogens with one attached hydrogen (secondary N) is 1. The quantitative estimate of drug-likeness (QED) is 0.816. The number of methoxy groups -OCH3 is 1. The van der Waals surface area contributed by atoms with Crippen molar-refractivity contribution in [3.05, 3.63) is 11.7 Å². The van der Waals surface area contributed by atoms with E-state index in [1.165, 1.54) is 0 Å². The third-order valence-corrected chi connectivity index (χ3v) is 2.71. The fraction of sp³-hybridized carbons (Fsp3) is 0.800. The van der Waals surface area contributed by atoms with Gasteiger partial charge in [-0.05, 0) is 13.8 Å². The summed E-state index contributed by atoms with van der Waals surface area (Å²) in [4.78, 5) is 4.33. The molecular formula is C10H17N3O3. The molecule has 0 aromatic carbocycles. The number of nitrogens with zero attached hydrogens (tertiary/aromatic N) is 2. The van der Waals surface area contributed by atoms with E-state index in [-0.39, 0.29) is 6.04 Å². The van der Waals surface area contributed by atoms with Gasteiger partial charge in [0.1, 0.15) is 11.6 Å². The number of aromatic nitrogens is 2. The lowest BCUT2D eigenvalue weighted by molar-refractivity contribution is 0.00973. The zero-order chi connectivity index (χ0) is 11.6. The van der Waals surface area contributed by atoms with Crippen LogP contribution in [0.15, 0.2) is 4.52 Å². The molecule has 1 aromatic rings. The van der Waals surface area contributed by atoms with Gasteiger partial charge in [0.15, 0.2) is 0 Å². The van der Waals surface area contributed by atoms with E-state index in [1.54, 1.807) is 7.11 Å². The maximum atomic E-state index is 5.34. The summed E-state index contributed by atoms with van der Waals surface area (Å²) in [7, 11) is 1.62. The molecule has 0 saturated carbocycles. The second kappa shape index (κ2) is 4.48. The van der Waals surface area contributed by atoms with Crippen LogP contribution in [0, 0.1) is 0 Å². The molecule has 1 atom stereocenters. The van der Waals surface area contributed by atoms with Gasteiger partial charge in [0.25, 0.3) is 0 Å². The molecule has 1 N–H and O–H groups in total. The Balaban J connectivity index is 2.12. The normalized spacial score (nSPS) is 22.3. The second-order valence-corrected chi connectivity index (χ2v) is 4.25. The van der Waals surface area contributed by atoms with Crippen LogP contribution in [0.25, 0.3) is 0 Å². The Kier molecular flexibility index (Phi) is 3.22. The Hall–Kier alpha value is -0.980. The first-order valence-electron chi connectivity index (χ1n) is 5.34. The lowest BCUT2D eigenvalue weighted by atomic mass is 10.1. The Morgan fingerprint density at radius 3 is 2.94 bits per heavy atom. The molecular weight excluding hydrogens is 210 g/mol. The van der Waals surface area contributed by atoms with Crippen molar-refractivity contribution in [2.75, 3.05) is 26.9 Å². The highest BCUT2D eigenvalue weighted by Gasteiger charge is 2.29. The first kappa shape index (κ1) is 11.5. The predicted molar refractivity (Wildman–Crippen MR) is 55.9 cm³/mol. The SMILES string of the molecule is COC(C)(C)c1noc(C2COCCN2)n1. The van der Waals surface area contributed by atoms with Crippen LogP contribution in [0.1, 0.15) is 31.6 Å². The molecule has 0 radical (unpaired) electrons. The maximum absolute atomic E-state index is 5.34. The molecule has 0 spiro atoms. The zero-order valence-corrected chi connectivity index (χ0v) is 9.82. The third-order valence-electron chi connectivity index (χ3n) is 2.71. The number of hydrogen-bond acceptors (Lipinski definition) is 6. The largest absolute Gasteiger partial charge is 0.378 e. The Morgan fingerprint density at radius 2 is 2.31 bits per heavy atom. The third kappa shape index (κ3) is 2.23. The Bertz CT molecular complexity index is 345. The van der Waals surface area contributed by atoms with Crippen LogP contribution in [0.2, 0.25) is 0 Å². The summed E-state index contributed by atoms with van der Waals surface area (Å²) >= 11 is 0. The smallest absolute Gasteiger partial charge is 0.246 e. The van der Waals surface area contributed by atoms with E-state index < -0.39 is 5.60 Å². The lowest BCUT2D eigenvalue weighted by Crippen LogP contribution is -2.34. The van der Waals surface area contributed by atoms with Crippen molar-refractivity contribution < 1.29 is 14.0 Å². The lowest BCUT2D eigenvalue weighted by Gasteiger charge is -2.20. The first-order valence-corrected chi connectivity index (χ1v) is 5.34. The van der Waals surface area contributed by atoms with Crippen molar-refractivity contribution >= 4 is 0 Å². The zero-order valence-electron chi connectivity index (χ0n) is 9.82. The van der Waals surface area contributed by atoms with Crippen molar-refractivity contribution in [1.29, 1.82) is 0 Å². The highest BCUT2D eigenvalue weighted by atomic mass is 16.5. The summed E-state index contributed by atoms with van der Waals surface area (Å²) < 4.78 is 15.8. The van der Waals surface area contributed by atoms with E-state index in [2.05, 4.69) is 15.5 Å². The van der Waals surface area contributed by atoms with Crippen molar-refractivity contribution in [2.45, 2.75) is 25.5 Å². The van der Waals surface area contributed by atoms with Gasteiger partial charge >= 0.3 is 0 Å². The van der Waals surface area contributed by atoms with Gasteiger partial charge in [0, 0.05) is 13.7 Å². The molecule has 90 valence electrons. The van der Waals surface area contributed by atoms with E-state index in [9.17, 15) is 0 Å². The first-order chi connectivity index (χ1) is 7.63. The monoisotopic (exact) mass is 227 g/mol. The van der Waals surface area contributed by atoms with Gasteiger partial charge in [-0.2, -0.15) is 4.98 Å². The molecule has 1 fully saturated rings. The van der Waals surface area contributed by atoms with Crippen molar-refractivity contribution in [3.8, 4) is 0 Å². The number of hydrogen-bond donors (Lipinski definition) is 1. The number of ether oxygens (including phenoxy) is 2. The molecule has 2 heterocycles. The fourth-order valence-electron chi connectivity index (χ4n) is 1.44. The minimum atomic E-state index is -0.530. The molecule has 0 amide bonds. The maximum Gasteiger partial charge on any atom is 0.246 e. The van der Waals surface area contributed by atoms with Crippen LogP contribution >= 0.6 is 0 Å². The molecule has 1 aromatic heterocycles. The van der Waals surface area contributed by atoms with Crippen LogP contribution in [0.3, 0.4) is 0 Å². The summed E-state index contributed by atoms with van der Waals surface area (Å²) in [6, 6.07) is -0.0114. The van der Waals surface area contributed by atoms with Crippen LogP contribution in [0.4, 0.5) is 0 Å². The van der Waals surface area contributed by atoms with Gasteiger partial charge in [-0.15, -0.1) is 0 Å². The molecule has 1 aliphatic rings. The highest BCUT2D eigenvalue weighted by Crippen LogP contribution is 2.22. The summed E-state index contributed by atoms with van der Waals surface area (Å²) in [5.74, 6) is 1.11. The van der Waals surface area contributed by atoms with Gasteiger partial charge in [0.05, 0.1) is 13.2 Å². The Labute approximate surface area is 94.3 Å². The van der Waals surface area contributed by atoms with E-state index in [0.717, 1.165) is 13.2 Å².